The molecule has 4 saturated carbocycles. The van der Waals surface area contributed by atoms with E-state index in [-0.39, 0.29) is 23.7 Å². The number of aromatic nitrogens is 2. The van der Waals surface area contributed by atoms with Crippen LogP contribution in [0.3, 0.4) is 0 Å². The average molecular weight is 385 g/mol. The Hall–Kier alpha value is -0.720. The first-order valence-corrected chi connectivity index (χ1v) is 10.3. The molecule has 4 aliphatic rings. The molecule has 1 N–H and O–H groups in total. The molecule has 0 atom stereocenters. The number of carbonyl (C=O) groups is 1. The standard InChI is InChI=1S/C18H28N4OS.ClH/c1-3-22(4-2)11-15(23)19-17-21-20-16(24-17)18-8-12-5-13(9-18)7-14(6-12)10-18;/h12-14H,3-11H2,1-2H3,(H,19,21,23);1H. The van der Waals surface area contributed by atoms with Crippen molar-refractivity contribution in [2.24, 2.45) is 17.8 Å². The number of hydrogen-bond donors (Lipinski definition) is 1. The molecule has 5 nitrogen and oxygen atoms in total. The molecule has 0 spiro atoms. The highest BCUT2D eigenvalue weighted by Crippen LogP contribution is 2.61. The quantitative estimate of drug-likeness (QED) is 0.812. The second-order valence-electron chi connectivity index (χ2n) is 8.12. The number of hydrogen-bond acceptors (Lipinski definition) is 5. The topological polar surface area (TPSA) is 58.1 Å². The molecule has 1 amide bonds. The Bertz CT molecular complexity index is 581. The molecule has 0 radical (unpaired) electrons. The maximum absolute atomic E-state index is 12.2. The monoisotopic (exact) mass is 384 g/mol. The minimum atomic E-state index is 0. The van der Waals surface area contributed by atoms with Crippen molar-refractivity contribution in [3.05, 3.63) is 5.01 Å². The van der Waals surface area contributed by atoms with Gasteiger partial charge in [0.2, 0.25) is 11.0 Å². The van der Waals surface area contributed by atoms with Gasteiger partial charge in [-0.2, -0.15) is 0 Å². The van der Waals surface area contributed by atoms with Gasteiger partial charge in [0.05, 0.1) is 6.54 Å². The molecular weight excluding hydrogens is 356 g/mol. The molecular formula is C18H29ClN4OS. The summed E-state index contributed by atoms with van der Waals surface area (Å²) in [6.45, 7) is 6.36. The summed E-state index contributed by atoms with van der Waals surface area (Å²) in [5.74, 6) is 2.73. The SMILES string of the molecule is CCN(CC)CC(=O)Nc1nnc(C23CC4CC(CC(C4)C2)C3)s1.Cl. The number of likely N-dealkylation sites (N-methyl/N-ethyl adjacent to an activating group) is 1. The van der Waals surface area contributed by atoms with Crippen molar-refractivity contribution in [1.29, 1.82) is 0 Å². The van der Waals surface area contributed by atoms with Crippen molar-refractivity contribution in [2.45, 2.75) is 57.8 Å². The van der Waals surface area contributed by atoms with Gasteiger partial charge in [0.1, 0.15) is 5.01 Å². The summed E-state index contributed by atoms with van der Waals surface area (Å²) in [5.41, 5.74) is 0.272. The predicted molar refractivity (Wildman–Crippen MR) is 103 cm³/mol. The molecule has 0 saturated heterocycles. The zero-order valence-corrected chi connectivity index (χ0v) is 16.8. The predicted octanol–water partition coefficient (Wildman–Crippen LogP) is 3.71. The van der Waals surface area contributed by atoms with E-state index in [0.29, 0.717) is 11.7 Å². The van der Waals surface area contributed by atoms with Gasteiger partial charge in [-0.15, -0.1) is 22.6 Å². The molecule has 7 heteroatoms. The molecule has 0 aromatic carbocycles. The van der Waals surface area contributed by atoms with Crippen LogP contribution in [0.4, 0.5) is 5.13 Å². The third-order valence-electron chi connectivity index (χ3n) is 6.42. The van der Waals surface area contributed by atoms with Crippen LogP contribution < -0.4 is 5.32 Å². The van der Waals surface area contributed by atoms with Crippen molar-refractivity contribution < 1.29 is 4.79 Å². The molecule has 1 aromatic rings. The first-order valence-electron chi connectivity index (χ1n) is 9.46. The van der Waals surface area contributed by atoms with Crippen LogP contribution in [0.2, 0.25) is 0 Å². The number of rotatable bonds is 6. The van der Waals surface area contributed by atoms with E-state index in [4.69, 9.17) is 0 Å². The summed E-state index contributed by atoms with van der Waals surface area (Å²) >= 11 is 1.62. The third-order valence-corrected chi connectivity index (χ3v) is 7.51. The molecule has 4 aliphatic carbocycles. The van der Waals surface area contributed by atoms with Crippen LogP contribution in [0, 0.1) is 17.8 Å². The normalized spacial score (nSPS) is 32.7. The van der Waals surface area contributed by atoms with Gasteiger partial charge >= 0.3 is 0 Å². The number of nitrogens with one attached hydrogen (secondary N) is 1. The highest BCUT2D eigenvalue weighted by atomic mass is 35.5. The third kappa shape index (κ3) is 3.71. The van der Waals surface area contributed by atoms with Crippen LogP contribution in [0.1, 0.15) is 57.4 Å². The van der Waals surface area contributed by atoms with Crippen LogP contribution in [0.5, 0.6) is 0 Å². The lowest BCUT2D eigenvalue weighted by Gasteiger charge is -2.55. The van der Waals surface area contributed by atoms with Crippen LogP contribution in [0.25, 0.3) is 0 Å². The number of anilines is 1. The Labute approximate surface area is 160 Å². The Morgan fingerprint density at radius 3 is 2.20 bits per heavy atom. The molecule has 25 heavy (non-hydrogen) atoms. The van der Waals surface area contributed by atoms with E-state index in [9.17, 15) is 4.79 Å². The minimum absolute atomic E-state index is 0. The second kappa shape index (κ2) is 7.49. The van der Waals surface area contributed by atoms with Crippen LogP contribution in [-0.4, -0.2) is 40.6 Å². The average Bonchev–Trinajstić information content (AvgIpc) is 3.00. The molecule has 0 aliphatic heterocycles. The highest BCUT2D eigenvalue weighted by molar-refractivity contribution is 7.15. The number of nitrogens with zero attached hydrogens (tertiary/aromatic N) is 3. The maximum Gasteiger partial charge on any atom is 0.240 e. The Morgan fingerprint density at radius 1 is 1.12 bits per heavy atom. The lowest BCUT2D eigenvalue weighted by molar-refractivity contribution is -0.117. The van der Waals surface area contributed by atoms with Gasteiger partial charge < -0.3 is 0 Å². The van der Waals surface area contributed by atoms with Crippen LogP contribution in [-0.2, 0) is 10.2 Å². The van der Waals surface area contributed by atoms with E-state index in [1.54, 1.807) is 11.3 Å². The van der Waals surface area contributed by atoms with Gasteiger partial charge in [0.15, 0.2) is 0 Å². The van der Waals surface area contributed by atoms with Crippen LogP contribution >= 0.6 is 23.7 Å². The lowest BCUT2D eigenvalue weighted by atomic mass is 9.50. The zero-order chi connectivity index (χ0) is 16.7. The minimum Gasteiger partial charge on any atom is -0.299 e. The summed E-state index contributed by atoms with van der Waals surface area (Å²) in [4.78, 5) is 14.3. The van der Waals surface area contributed by atoms with Gasteiger partial charge in [-0.25, -0.2) is 0 Å². The largest absolute Gasteiger partial charge is 0.299 e. The van der Waals surface area contributed by atoms with Crippen molar-refractivity contribution in [1.82, 2.24) is 15.1 Å². The highest BCUT2D eigenvalue weighted by Gasteiger charge is 2.53. The Morgan fingerprint density at radius 2 is 1.68 bits per heavy atom. The first-order chi connectivity index (χ1) is 11.6. The number of amides is 1. The Balaban J connectivity index is 0.00000182. The van der Waals surface area contributed by atoms with E-state index in [1.807, 2.05) is 0 Å². The molecule has 4 bridgehead atoms. The molecule has 5 rings (SSSR count). The van der Waals surface area contributed by atoms with Crippen molar-refractivity contribution >= 4 is 34.8 Å². The molecule has 1 heterocycles. The van der Waals surface area contributed by atoms with Gasteiger partial charge in [-0.1, -0.05) is 25.2 Å². The summed E-state index contributed by atoms with van der Waals surface area (Å²) in [7, 11) is 0. The second-order valence-corrected chi connectivity index (χ2v) is 9.10. The van der Waals surface area contributed by atoms with E-state index in [1.165, 1.54) is 43.5 Å². The van der Waals surface area contributed by atoms with Crippen molar-refractivity contribution in [2.75, 3.05) is 25.0 Å². The summed E-state index contributed by atoms with van der Waals surface area (Å²) in [5, 5.41) is 13.6. The van der Waals surface area contributed by atoms with E-state index < -0.39 is 0 Å². The fraction of sp³-hybridized carbons (Fsp3) is 0.833. The van der Waals surface area contributed by atoms with E-state index in [2.05, 4.69) is 34.3 Å². The summed E-state index contributed by atoms with van der Waals surface area (Å²) in [6, 6.07) is 0. The van der Waals surface area contributed by atoms with Gasteiger partial charge in [0, 0.05) is 5.41 Å². The molecule has 0 unspecified atom stereocenters. The van der Waals surface area contributed by atoms with E-state index in [0.717, 1.165) is 30.8 Å². The first kappa shape index (κ1) is 19.1. The van der Waals surface area contributed by atoms with Crippen molar-refractivity contribution in [3.8, 4) is 0 Å². The zero-order valence-electron chi connectivity index (χ0n) is 15.2. The van der Waals surface area contributed by atoms with E-state index >= 15 is 0 Å². The molecule has 4 fully saturated rings. The number of carbonyl (C=O) groups excluding carboxylic acids is 1. The van der Waals surface area contributed by atoms with Crippen molar-refractivity contribution in [3.63, 3.8) is 0 Å². The van der Waals surface area contributed by atoms with Gasteiger partial charge in [-0.3, -0.25) is 15.0 Å². The van der Waals surface area contributed by atoms with Gasteiger partial charge in [0.25, 0.3) is 0 Å². The smallest absolute Gasteiger partial charge is 0.240 e. The molecule has 1 aromatic heterocycles. The number of halogens is 1. The fourth-order valence-electron chi connectivity index (χ4n) is 5.67. The Kier molecular flexibility index (Phi) is 5.71. The maximum atomic E-state index is 12.2. The summed E-state index contributed by atoms with van der Waals surface area (Å²) in [6.07, 6.45) is 8.19. The fourth-order valence-corrected chi connectivity index (χ4v) is 6.65. The lowest BCUT2D eigenvalue weighted by Crippen LogP contribution is -2.48. The van der Waals surface area contributed by atoms with Gasteiger partial charge in [-0.05, 0) is 69.4 Å². The summed E-state index contributed by atoms with van der Waals surface area (Å²) < 4.78 is 0. The molecule has 140 valence electrons. The van der Waals surface area contributed by atoms with Crippen LogP contribution in [0.15, 0.2) is 0 Å².